The number of benzene rings is 1. The predicted octanol–water partition coefficient (Wildman–Crippen LogP) is 1.82. The van der Waals surface area contributed by atoms with E-state index in [2.05, 4.69) is 0 Å². The van der Waals surface area contributed by atoms with E-state index in [1.54, 1.807) is 19.1 Å². The van der Waals surface area contributed by atoms with Gasteiger partial charge in [-0.2, -0.15) is 0 Å². The average Bonchev–Trinajstić information content (AvgIpc) is 2.27. The number of hydrogen-bond donors (Lipinski definition) is 1. The summed E-state index contributed by atoms with van der Waals surface area (Å²) in [7, 11) is 2.85. The largest absolute Gasteiger partial charge is 0.504 e. The van der Waals surface area contributed by atoms with Crippen LogP contribution in [0.4, 0.5) is 0 Å². The molecule has 5 nitrogen and oxygen atoms in total. The molecule has 2 rings (SSSR count). The first-order valence-corrected chi connectivity index (χ1v) is 4.97. The zero-order valence-corrected chi connectivity index (χ0v) is 9.73. The molecular weight excluding hydrogens is 224 g/mol. The van der Waals surface area contributed by atoms with Crippen LogP contribution in [0.25, 0.3) is 10.8 Å². The molecule has 1 aromatic heterocycles. The smallest absolute Gasteiger partial charge is 0.347 e. The second-order valence-electron chi connectivity index (χ2n) is 3.57. The summed E-state index contributed by atoms with van der Waals surface area (Å²) in [5.74, 6) is 0.684. The Hall–Kier alpha value is -2.17. The summed E-state index contributed by atoms with van der Waals surface area (Å²) < 4.78 is 15.0. The SMILES string of the molecule is COc1cc2cc(C)oc(=O)c2c(O)c1OC. The molecule has 0 atom stereocenters. The Labute approximate surface area is 97.2 Å². The summed E-state index contributed by atoms with van der Waals surface area (Å²) in [6.45, 7) is 1.66. The molecule has 1 heterocycles. The van der Waals surface area contributed by atoms with Crippen LogP contribution in [0.1, 0.15) is 5.76 Å². The molecule has 90 valence electrons. The van der Waals surface area contributed by atoms with E-state index in [9.17, 15) is 9.90 Å². The maximum atomic E-state index is 11.7. The monoisotopic (exact) mass is 236 g/mol. The molecule has 0 fully saturated rings. The van der Waals surface area contributed by atoms with Gasteiger partial charge < -0.3 is 19.0 Å². The topological polar surface area (TPSA) is 68.9 Å². The summed E-state index contributed by atoms with van der Waals surface area (Å²) in [6.07, 6.45) is 0. The first-order valence-electron chi connectivity index (χ1n) is 4.97. The highest BCUT2D eigenvalue weighted by Gasteiger charge is 2.17. The number of hydrogen-bond acceptors (Lipinski definition) is 5. The van der Waals surface area contributed by atoms with Crippen molar-refractivity contribution in [2.24, 2.45) is 0 Å². The van der Waals surface area contributed by atoms with Crippen molar-refractivity contribution in [2.75, 3.05) is 14.2 Å². The van der Waals surface area contributed by atoms with E-state index in [-0.39, 0.29) is 16.9 Å². The van der Waals surface area contributed by atoms with Crippen LogP contribution in [-0.4, -0.2) is 19.3 Å². The molecule has 17 heavy (non-hydrogen) atoms. The lowest BCUT2D eigenvalue weighted by molar-refractivity contribution is 0.334. The van der Waals surface area contributed by atoms with Gasteiger partial charge in [-0.3, -0.25) is 0 Å². The second-order valence-corrected chi connectivity index (χ2v) is 3.57. The lowest BCUT2D eigenvalue weighted by Crippen LogP contribution is -2.02. The fourth-order valence-electron chi connectivity index (χ4n) is 1.77. The van der Waals surface area contributed by atoms with E-state index in [1.165, 1.54) is 14.2 Å². The fourth-order valence-corrected chi connectivity index (χ4v) is 1.77. The van der Waals surface area contributed by atoms with Crippen molar-refractivity contribution in [2.45, 2.75) is 6.92 Å². The van der Waals surface area contributed by atoms with E-state index < -0.39 is 5.63 Å². The van der Waals surface area contributed by atoms with Crippen molar-refractivity contribution < 1.29 is 19.0 Å². The van der Waals surface area contributed by atoms with Crippen molar-refractivity contribution in [3.05, 3.63) is 28.3 Å². The highest BCUT2D eigenvalue weighted by molar-refractivity contribution is 5.91. The van der Waals surface area contributed by atoms with Crippen molar-refractivity contribution in [3.8, 4) is 17.2 Å². The first-order chi connectivity index (χ1) is 8.08. The molecule has 0 aliphatic carbocycles. The van der Waals surface area contributed by atoms with Crippen LogP contribution in [0.5, 0.6) is 17.2 Å². The van der Waals surface area contributed by atoms with Crippen LogP contribution in [0.3, 0.4) is 0 Å². The molecule has 0 spiro atoms. The van der Waals surface area contributed by atoms with Gasteiger partial charge in [0, 0.05) is 5.39 Å². The lowest BCUT2D eigenvalue weighted by atomic mass is 10.1. The highest BCUT2D eigenvalue weighted by Crippen LogP contribution is 2.41. The van der Waals surface area contributed by atoms with Crippen LogP contribution in [0, 0.1) is 6.92 Å². The molecule has 0 aliphatic heterocycles. The molecular formula is C12H12O5. The molecule has 5 heteroatoms. The van der Waals surface area contributed by atoms with Crippen molar-refractivity contribution in [1.29, 1.82) is 0 Å². The molecule has 1 aromatic carbocycles. The number of phenols is 1. The third-order valence-corrected chi connectivity index (χ3v) is 2.49. The lowest BCUT2D eigenvalue weighted by Gasteiger charge is -2.11. The highest BCUT2D eigenvalue weighted by atomic mass is 16.5. The summed E-state index contributed by atoms with van der Waals surface area (Å²) >= 11 is 0. The predicted molar refractivity (Wildman–Crippen MR) is 62.0 cm³/mol. The Morgan fingerprint density at radius 3 is 2.53 bits per heavy atom. The van der Waals surface area contributed by atoms with Crippen LogP contribution in [0.2, 0.25) is 0 Å². The van der Waals surface area contributed by atoms with E-state index in [0.29, 0.717) is 16.9 Å². The third kappa shape index (κ3) is 1.69. The van der Waals surface area contributed by atoms with Crippen LogP contribution < -0.4 is 15.1 Å². The van der Waals surface area contributed by atoms with Crippen LogP contribution >= 0.6 is 0 Å². The molecule has 0 saturated carbocycles. The number of aromatic hydroxyl groups is 1. The van der Waals surface area contributed by atoms with Gasteiger partial charge in [0.2, 0.25) is 5.75 Å². The minimum absolute atomic E-state index is 0.0910. The van der Waals surface area contributed by atoms with Gasteiger partial charge in [0.15, 0.2) is 11.5 Å². The number of aryl methyl sites for hydroxylation is 1. The quantitative estimate of drug-likeness (QED) is 0.861. The van der Waals surface area contributed by atoms with Crippen molar-refractivity contribution in [1.82, 2.24) is 0 Å². The number of ether oxygens (including phenoxy) is 2. The van der Waals surface area contributed by atoms with Crippen molar-refractivity contribution >= 4 is 10.8 Å². The Balaban J connectivity index is 2.95. The Morgan fingerprint density at radius 2 is 1.94 bits per heavy atom. The van der Waals surface area contributed by atoms with Gasteiger partial charge in [0.1, 0.15) is 11.1 Å². The Kier molecular flexibility index (Phi) is 2.67. The summed E-state index contributed by atoms with van der Waals surface area (Å²) in [6, 6.07) is 3.27. The van der Waals surface area contributed by atoms with Gasteiger partial charge in [-0.25, -0.2) is 4.79 Å². The third-order valence-electron chi connectivity index (χ3n) is 2.49. The van der Waals surface area contributed by atoms with Crippen molar-refractivity contribution in [3.63, 3.8) is 0 Å². The van der Waals surface area contributed by atoms with E-state index in [0.717, 1.165) is 0 Å². The second kappa shape index (κ2) is 4.01. The zero-order chi connectivity index (χ0) is 12.6. The molecule has 2 aromatic rings. The van der Waals surface area contributed by atoms with E-state index in [1.807, 2.05) is 0 Å². The van der Waals surface area contributed by atoms with E-state index >= 15 is 0 Å². The zero-order valence-electron chi connectivity index (χ0n) is 9.73. The van der Waals surface area contributed by atoms with Gasteiger partial charge in [-0.15, -0.1) is 0 Å². The van der Waals surface area contributed by atoms with Gasteiger partial charge in [0.05, 0.1) is 14.2 Å². The van der Waals surface area contributed by atoms with Gasteiger partial charge >= 0.3 is 5.63 Å². The number of methoxy groups -OCH3 is 2. The minimum Gasteiger partial charge on any atom is -0.504 e. The fraction of sp³-hybridized carbons (Fsp3) is 0.250. The molecule has 1 N–H and O–H groups in total. The average molecular weight is 236 g/mol. The molecule has 0 unspecified atom stereocenters. The number of rotatable bonds is 2. The van der Waals surface area contributed by atoms with Crippen LogP contribution in [-0.2, 0) is 0 Å². The molecule has 0 aliphatic rings. The number of phenolic OH excluding ortho intramolecular Hbond substituents is 1. The normalized spacial score (nSPS) is 10.5. The summed E-state index contributed by atoms with van der Waals surface area (Å²) in [5.41, 5.74) is -0.599. The maximum Gasteiger partial charge on any atom is 0.347 e. The summed E-state index contributed by atoms with van der Waals surface area (Å²) in [4.78, 5) is 11.7. The van der Waals surface area contributed by atoms with Gasteiger partial charge in [-0.1, -0.05) is 0 Å². The molecule has 0 amide bonds. The Morgan fingerprint density at radius 1 is 1.24 bits per heavy atom. The number of fused-ring (bicyclic) bond motifs is 1. The minimum atomic E-state index is -0.599. The standard InChI is InChI=1S/C12H12O5/c1-6-4-7-5-8(15-2)11(16-3)10(13)9(7)12(14)17-6/h4-5,13H,1-3H3. The molecule has 0 bridgehead atoms. The van der Waals surface area contributed by atoms with Gasteiger partial charge in [-0.05, 0) is 19.1 Å². The maximum absolute atomic E-state index is 11.7. The Bertz CT molecular complexity index is 627. The molecule has 0 saturated heterocycles. The first kappa shape index (κ1) is 11.3. The molecule has 0 radical (unpaired) electrons. The van der Waals surface area contributed by atoms with Crippen LogP contribution in [0.15, 0.2) is 21.3 Å². The van der Waals surface area contributed by atoms with Gasteiger partial charge in [0.25, 0.3) is 0 Å². The summed E-state index contributed by atoms with van der Waals surface area (Å²) in [5, 5.41) is 10.6. The van der Waals surface area contributed by atoms with E-state index in [4.69, 9.17) is 13.9 Å².